The molecule has 0 aliphatic carbocycles. The number of hydrogen-bond donors (Lipinski definition) is 1. The molecule has 0 spiro atoms. The van der Waals surface area contributed by atoms with E-state index in [0.717, 1.165) is 6.07 Å². The molecule has 0 saturated carbocycles. The van der Waals surface area contributed by atoms with Crippen molar-refractivity contribution in [3.63, 3.8) is 0 Å². The van der Waals surface area contributed by atoms with E-state index in [1.165, 1.54) is 17.3 Å². The van der Waals surface area contributed by atoms with Crippen LogP contribution in [0.2, 0.25) is 0 Å². The Kier molecular flexibility index (Phi) is 4.34. The summed E-state index contributed by atoms with van der Waals surface area (Å²) in [5, 5.41) is 0. The first-order valence-corrected chi connectivity index (χ1v) is 7.23. The Labute approximate surface area is 108 Å². The van der Waals surface area contributed by atoms with Gasteiger partial charge in [-0.15, -0.1) is 0 Å². The third-order valence-electron chi connectivity index (χ3n) is 2.79. The van der Waals surface area contributed by atoms with Gasteiger partial charge in [-0.3, -0.25) is 0 Å². The van der Waals surface area contributed by atoms with Crippen LogP contribution in [0.4, 0.5) is 10.1 Å². The van der Waals surface area contributed by atoms with Crippen molar-refractivity contribution in [1.29, 1.82) is 0 Å². The van der Waals surface area contributed by atoms with Crippen LogP contribution in [0, 0.1) is 12.7 Å². The zero-order valence-corrected chi connectivity index (χ0v) is 11.9. The number of nitrogen functional groups attached to an aromatic ring is 1. The van der Waals surface area contributed by atoms with Gasteiger partial charge in [0.05, 0.1) is 4.90 Å². The third kappa shape index (κ3) is 2.64. The monoisotopic (exact) mass is 274 g/mol. The van der Waals surface area contributed by atoms with Crippen molar-refractivity contribution in [3.05, 3.63) is 23.5 Å². The van der Waals surface area contributed by atoms with Gasteiger partial charge >= 0.3 is 0 Å². The Morgan fingerprint density at radius 2 is 1.94 bits per heavy atom. The molecule has 0 unspecified atom stereocenters. The fraction of sp³-hybridized carbons (Fsp3) is 0.500. The minimum atomic E-state index is -3.71. The Balaban J connectivity index is 3.46. The molecular weight excluding hydrogens is 255 g/mol. The first-order valence-electron chi connectivity index (χ1n) is 5.79. The van der Waals surface area contributed by atoms with Gasteiger partial charge in [0, 0.05) is 23.8 Å². The number of anilines is 1. The molecule has 0 fully saturated rings. The van der Waals surface area contributed by atoms with E-state index in [1.807, 2.05) is 0 Å². The fourth-order valence-corrected chi connectivity index (χ4v) is 3.80. The summed E-state index contributed by atoms with van der Waals surface area (Å²) in [4.78, 5) is -0.0597. The minimum Gasteiger partial charge on any atom is -0.399 e. The normalized spacial score (nSPS) is 12.4. The highest BCUT2D eigenvalue weighted by Crippen LogP contribution is 2.25. The highest BCUT2D eigenvalue weighted by Gasteiger charge is 2.28. The number of benzene rings is 1. The maximum Gasteiger partial charge on any atom is 0.243 e. The molecule has 4 nitrogen and oxygen atoms in total. The lowest BCUT2D eigenvalue weighted by Gasteiger charge is -2.25. The Morgan fingerprint density at radius 3 is 2.39 bits per heavy atom. The van der Waals surface area contributed by atoms with E-state index in [4.69, 9.17) is 5.73 Å². The second-order valence-electron chi connectivity index (χ2n) is 4.43. The van der Waals surface area contributed by atoms with Crippen molar-refractivity contribution in [2.45, 2.75) is 38.6 Å². The van der Waals surface area contributed by atoms with Gasteiger partial charge in [-0.05, 0) is 32.9 Å². The molecule has 0 radical (unpaired) electrons. The summed E-state index contributed by atoms with van der Waals surface area (Å²) in [6, 6.07) is 2.24. The molecule has 0 aliphatic rings. The molecule has 0 heterocycles. The molecule has 0 amide bonds. The van der Waals surface area contributed by atoms with E-state index in [2.05, 4.69) is 0 Å². The van der Waals surface area contributed by atoms with Gasteiger partial charge in [0.1, 0.15) is 5.82 Å². The summed E-state index contributed by atoms with van der Waals surface area (Å²) in [6.45, 7) is 7.07. The number of nitrogens with zero attached hydrogens (tertiary/aromatic N) is 1. The molecule has 2 N–H and O–H groups in total. The van der Waals surface area contributed by atoms with Crippen LogP contribution in [0.15, 0.2) is 17.0 Å². The highest BCUT2D eigenvalue weighted by molar-refractivity contribution is 7.89. The van der Waals surface area contributed by atoms with Crippen LogP contribution in [-0.4, -0.2) is 25.3 Å². The SMILES string of the molecule is CCN(C(C)C)S(=O)(=O)c1cc(N)cc(F)c1C. The van der Waals surface area contributed by atoms with Gasteiger partial charge in [0.2, 0.25) is 10.0 Å². The van der Waals surface area contributed by atoms with Crippen LogP contribution < -0.4 is 5.73 Å². The Hall–Kier alpha value is -1.14. The van der Waals surface area contributed by atoms with Crippen LogP contribution in [-0.2, 0) is 10.0 Å². The van der Waals surface area contributed by atoms with E-state index in [1.54, 1.807) is 20.8 Å². The smallest absolute Gasteiger partial charge is 0.243 e. The van der Waals surface area contributed by atoms with E-state index in [0.29, 0.717) is 6.54 Å². The number of rotatable bonds is 4. The summed E-state index contributed by atoms with van der Waals surface area (Å²) < 4.78 is 39.8. The van der Waals surface area contributed by atoms with Crippen LogP contribution in [0.1, 0.15) is 26.3 Å². The molecule has 102 valence electrons. The zero-order chi connectivity index (χ0) is 14.1. The number of hydrogen-bond acceptors (Lipinski definition) is 3. The van der Waals surface area contributed by atoms with Gasteiger partial charge in [0.25, 0.3) is 0 Å². The third-order valence-corrected chi connectivity index (χ3v) is 5.07. The molecule has 0 saturated heterocycles. The Bertz CT molecular complexity index is 541. The standard InChI is InChI=1S/C12H19FN2O2S/c1-5-15(8(2)3)18(16,17)12-7-10(14)6-11(13)9(12)4/h6-8H,5,14H2,1-4H3. The molecule has 1 aromatic rings. The van der Waals surface area contributed by atoms with Gasteiger partial charge in [-0.25, -0.2) is 12.8 Å². The summed E-state index contributed by atoms with van der Waals surface area (Å²) in [5.74, 6) is -0.603. The second kappa shape index (κ2) is 5.24. The lowest BCUT2D eigenvalue weighted by Crippen LogP contribution is -2.37. The summed E-state index contributed by atoms with van der Waals surface area (Å²) in [5.41, 5.74) is 5.73. The number of nitrogens with two attached hydrogens (primary N) is 1. The van der Waals surface area contributed by atoms with Crippen molar-refractivity contribution in [3.8, 4) is 0 Å². The molecule has 0 aliphatic heterocycles. The molecule has 1 aromatic carbocycles. The van der Waals surface area contributed by atoms with Crippen molar-refractivity contribution in [2.75, 3.05) is 12.3 Å². The number of halogens is 1. The van der Waals surface area contributed by atoms with Crippen molar-refractivity contribution in [1.82, 2.24) is 4.31 Å². The summed E-state index contributed by atoms with van der Waals surface area (Å²) in [7, 11) is -3.71. The highest BCUT2D eigenvalue weighted by atomic mass is 32.2. The number of sulfonamides is 1. The molecule has 0 aromatic heterocycles. The predicted molar refractivity (Wildman–Crippen MR) is 70.3 cm³/mol. The van der Waals surface area contributed by atoms with E-state index >= 15 is 0 Å². The topological polar surface area (TPSA) is 63.4 Å². The van der Waals surface area contributed by atoms with Crippen LogP contribution in [0.3, 0.4) is 0 Å². The van der Waals surface area contributed by atoms with Crippen molar-refractivity contribution < 1.29 is 12.8 Å². The molecule has 6 heteroatoms. The predicted octanol–water partition coefficient (Wildman–Crippen LogP) is 2.14. The first-order chi connectivity index (χ1) is 8.21. The average molecular weight is 274 g/mol. The average Bonchev–Trinajstić information content (AvgIpc) is 2.23. The minimum absolute atomic E-state index is 0.0597. The van der Waals surface area contributed by atoms with Crippen LogP contribution in [0.25, 0.3) is 0 Å². The van der Waals surface area contributed by atoms with E-state index in [9.17, 15) is 12.8 Å². The molecule has 18 heavy (non-hydrogen) atoms. The second-order valence-corrected chi connectivity index (χ2v) is 6.29. The van der Waals surface area contributed by atoms with Crippen LogP contribution in [0.5, 0.6) is 0 Å². The lowest BCUT2D eigenvalue weighted by molar-refractivity contribution is 0.368. The summed E-state index contributed by atoms with van der Waals surface area (Å²) >= 11 is 0. The van der Waals surface area contributed by atoms with Gasteiger partial charge in [0.15, 0.2) is 0 Å². The van der Waals surface area contributed by atoms with E-state index in [-0.39, 0.29) is 22.2 Å². The Morgan fingerprint density at radius 1 is 1.39 bits per heavy atom. The summed E-state index contributed by atoms with van der Waals surface area (Å²) in [6.07, 6.45) is 0. The molecule has 0 bridgehead atoms. The maximum absolute atomic E-state index is 13.6. The van der Waals surface area contributed by atoms with Gasteiger partial charge < -0.3 is 5.73 Å². The zero-order valence-electron chi connectivity index (χ0n) is 11.1. The first kappa shape index (κ1) is 14.9. The maximum atomic E-state index is 13.6. The van der Waals surface area contributed by atoms with Gasteiger partial charge in [-0.1, -0.05) is 6.92 Å². The van der Waals surface area contributed by atoms with Crippen LogP contribution >= 0.6 is 0 Å². The van der Waals surface area contributed by atoms with Gasteiger partial charge in [-0.2, -0.15) is 4.31 Å². The quantitative estimate of drug-likeness (QED) is 0.856. The largest absolute Gasteiger partial charge is 0.399 e. The van der Waals surface area contributed by atoms with Crippen molar-refractivity contribution in [2.24, 2.45) is 0 Å². The molecule has 0 atom stereocenters. The molecular formula is C12H19FN2O2S. The lowest BCUT2D eigenvalue weighted by atomic mass is 10.2. The molecule has 1 rings (SSSR count). The van der Waals surface area contributed by atoms with E-state index < -0.39 is 15.8 Å². The fourth-order valence-electron chi connectivity index (χ4n) is 1.88. The van der Waals surface area contributed by atoms with Crippen molar-refractivity contribution >= 4 is 15.7 Å².